The second-order valence-electron chi connectivity index (χ2n) is 5.57. The van der Waals surface area contributed by atoms with Gasteiger partial charge in [-0.05, 0) is 25.5 Å². The van der Waals surface area contributed by atoms with Gasteiger partial charge in [0.25, 0.3) is 15.7 Å². The average Bonchev–Trinajstić information content (AvgIpc) is 2.54. The number of hydrogen-bond donors (Lipinski definition) is 0. The Kier molecular flexibility index (Phi) is 4.92. The highest BCUT2D eigenvalue weighted by Crippen LogP contribution is 2.35. The number of ether oxygens (including phenoxy) is 2. The van der Waals surface area contributed by atoms with Gasteiger partial charge in [-0.1, -0.05) is 6.92 Å². The zero-order chi connectivity index (χ0) is 17.3. The molecule has 23 heavy (non-hydrogen) atoms. The number of nitrogens with zero attached hydrogens (tertiary/aromatic N) is 2. The van der Waals surface area contributed by atoms with Crippen molar-refractivity contribution in [2.24, 2.45) is 0 Å². The molecule has 1 saturated heterocycles. The maximum Gasteiger partial charge on any atom is 0.293 e. The van der Waals surface area contributed by atoms with Crippen molar-refractivity contribution in [1.82, 2.24) is 4.31 Å². The molecule has 0 saturated carbocycles. The van der Waals surface area contributed by atoms with E-state index in [4.69, 9.17) is 9.47 Å². The van der Waals surface area contributed by atoms with Crippen molar-refractivity contribution in [3.63, 3.8) is 0 Å². The van der Waals surface area contributed by atoms with E-state index in [1.807, 2.05) is 6.92 Å². The zero-order valence-corrected chi connectivity index (χ0v) is 14.1. The first-order valence-electron chi connectivity index (χ1n) is 7.19. The van der Waals surface area contributed by atoms with Gasteiger partial charge in [0, 0.05) is 6.54 Å². The molecule has 0 aromatic heterocycles. The van der Waals surface area contributed by atoms with Crippen LogP contribution >= 0.6 is 0 Å². The minimum atomic E-state index is -4.03. The van der Waals surface area contributed by atoms with E-state index in [9.17, 15) is 18.5 Å². The van der Waals surface area contributed by atoms with Crippen LogP contribution in [0.4, 0.5) is 5.69 Å². The molecule has 0 unspecified atom stereocenters. The Morgan fingerprint density at radius 3 is 2.74 bits per heavy atom. The largest absolute Gasteiger partial charge is 0.497 e. The molecule has 0 N–H and O–H groups in total. The van der Waals surface area contributed by atoms with Gasteiger partial charge in [0.2, 0.25) is 0 Å². The van der Waals surface area contributed by atoms with Crippen molar-refractivity contribution >= 4 is 15.7 Å². The molecule has 128 valence electrons. The third kappa shape index (κ3) is 3.17. The van der Waals surface area contributed by atoms with E-state index in [1.165, 1.54) is 23.5 Å². The Hall–Kier alpha value is -1.71. The number of sulfonamides is 1. The van der Waals surface area contributed by atoms with Crippen molar-refractivity contribution in [2.45, 2.75) is 30.7 Å². The molecule has 9 heteroatoms. The summed E-state index contributed by atoms with van der Waals surface area (Å²) in [7, 11) is -2.66. The molecular formula is C14H20N2O6S. The summed E-state index contributed by atoms with van der Waals surface area (Å²) < 4.78 is 37.7. The van der Waals surface area contributed by atoms with Crippen molar-refractivity contribution in [3.05, 3.63) is 28.3 Å². The Morgan fingerprint density at radius 1 is 1.48 bits per heavy atom. The summed E-state index contributed by atoms with van der Waals surface area (Å²) in [5, 5.41) is 11.3. The van der Waals surface area contributed by atoms with Crippen LogP contribution in [0.3, 0.4) is 0 Å². The molecular weight excluding hydrogens is 324 g/mol. The predicted octanol–water partition coefficient (Wildman–Crippen LogP) is 1.79. The number of nitro groups is 1. The normalized spacial score (nSPS) is 22.7. The van der Waals surface area contributed by atoms with Gasteiger partial charge in [-0.2, -0.15) is 4.31 Å². The molecule has 0 amide bonds. The average molecular weight is 344 g/mol. The van der Waals surface area contributed by atoms with E-state index in [-0.39, 0.29) is 30.4 Å². The van der Waals surface area contributed by atoms with Crippen LogP contribution in [0, 0.1) is 10.1 Å². The van der Waals surface area contributed by atoms with Crippen molar-refractivity contribution in [3.8, 4) is 5.75 Å². The van der Waals surface area contributed by atoms with Crippen molar-refractivity contribution in [2.75, 3.05) is 26.9 Å². The molecule has 1 aromatic rings. The lowest BCUT2D eigenvalue weighted by molar-refractivity contribution is -0.388. The number of hydrogen-bond acceptors (Lipinski definition) is 6. The molecule has 1 aliphatic heterocycles. The standard InChI is InChI=1S/C14H20N2O6S/c1-4-14(2)10-22-8-7-15(14)23(19,20)13-6-5-11(21-3)9-12(13)16(17)18/h5-6,9H,4,7-8,10H2,1-3H3/t14-/m0/s1. The van der Waals surface area contributed by atoms with Crippen LogP contribution in [-0.2, 0) is 14.8 Å². The Labute approximate surface area is 135 Å². The molecule has 0 radical (unpaired) electrons. The molecule has 2 rings (SSSR count). The third-order valence-electron chi connectivity index (χ3n) is 4.15. The van der Waals surface area contributed by atoms with Crippen LogP contribution in [-0.4, -0.2) is 50.1 Å². The van der Waals surface area contributed by atoms with Gasteiger partial charge in [0.05, 0.1) is 36.9 Å². The van der Waals surface area contributed by atoms with Crippen molar-refractivity contribution < 1.29 is 22.8 Å². The Morgan fingerprint density at radius 2 is 2.17 bits per heavy atom. The number of rotatable bonds is 5. The summed E-state index contributed by atoms with van der Waals surface area (Å²) in [6.07, 6.45) is 0.538. The lowest BCUT2D eigenvalue weighted by Crippen LogP contribution is -2.56. The summed E-state index contributed by atoms with van der Waals surface area (Å²) in [5.74, 6) is 0.232. The SMILES string of the molecule is CC[C@@]1(C)COCCN1S(=O)(=O)c1ccc(OC)cc1[N+](=O)[O-]. The van der Waals surface area contributed by atoms with E-state index in [0.29, 0.717) is 6.42 Å². The van der Waals surface area contributed by atoms with E-state index in [0.717, 1.165) is 6.07 Å². The van der Waals surface area contributed by atoms with E-state index < -0.39 is 26.2 Å². The summed E-state index contributed by atoms with van der Waals surface area (Å²) in [4.78, 5) is 10.3. The number of methoxy groups -OCH3 is 1. The molecule has 1 heterocycles. The van der Waals surface area contributed by atoms with Gasteiger partial charge in [0.15, 0.2) is 4.90 Å². The highest BCUT2D eigenvalue weighted by molar-refractivity contribution is 7.89. The quantitative estimate of drug-likeness (QED) is 0.596. The van der Waals surface area contributed by atoms with Crippen LogP contribution in [0.2, 0.25) is 0 Å². The highest BCUT2D eigenvalue weighted by atomic mass is 32.2. The molecule has 8 nitrogen and oxygen atoms in total. The second-order valence-corrected chi connectivity index (χ2v) is 7.40. The zero-order valence-electron chi connectivity index (χ0n) is 13.3. The number of nitro benzene ring substituents is 1. The molecule has 0 aliphatic carbocycles. The summed E-state index contributed by atoms with van der Waals surface area (Å²) in [5.41, 5.74) is -1.22. The third-order valence-corrected chi connectivity index (χ3v) is 6.25. The minimum absolute atomic E-state index is 0.163. The Balaban J connectivity index is 2.57. The molecule has 0 spiro atoms. The predicted molar refractivity (Wildman–Crippen MR) is 83.1 cm³/mol. The van der Waals surface area contributed by atoms with Gasteiger partial charge in [-0.15, -0.1) is 0 Å². The summed E-state index contributed by atoms with van der Waals surface area (Å²) in [6.45, 7) is 4.32. The van der Waals surface area contributed by atoms with Crippen LogP contribution < -0.4 is 4.74 Å². The molecule has 1 atom stereocenters. The maximum absolute atomic E-state index is 13.0. The van der Waals surface area contributed by atoms with Gasteiger partial charge in [-0.25, -0.2) is 8.42 Å². The van der Waals surface area contributed by atoms with Crippen molar-refractivity contribution in [1.29, 1.82) is 0 Å². The smallest absolute Gasteiger partial charge is 0.293 e. The van der Waals surface area contributed by atoms with E-state index in [2.05, 4.69) is 0 Å². The molecule has 0 bridgehead atoms. The van der Waals surface area contributed by atoms with E-state index in [1.54, 1.807) is 6.92 Å². The topological polar surface area (TPSA) is 99.0 Å². The van der Waals surface area contributed by atoms with Crippen LogP contribution in [0.25, 0.3) is 0 Å². The number of benzene rings is 1. The highest BCUT2D eigenvalue weighted by Gasteiger charge is 2.44. The van der Waals surface area contributed by atoms with Gasteiger partial charge >= 0.3 is 0 Å². The first-order valence-corrected chi connectivity index (χ1v) is 8.63. The van der Waals surface area contributed by atoms with Gasteiger partial charge < -0.3 is 9.47 Å². The summed E-state index contributed by atoms with van der Waals surface area (Å²) in [6, 6.07) is 3.75. The van der Waals surface area contributed by atoms with Crippen LogP contribution in [0.1, 0.15) is 20.3 Å². The summed E-state index contributed by atoms with van der Waals surface area (Å²) >= 11 is 0. The van der Waals surface area contributed by atoms with Gasteiger partial charge in [-0.3, -0.25) is 10.1 Å². The second kappa shape index (κ2) is 6.42. The van der Waals surface area contributed by atoms with Crippen LogP contribution in [0.15, 0.2) is 23.1 Å². The fraction of sp³-hybridized carbons (Fsp3) is 0.571. The first kappa shape index (κ1) is 17.6. The fourth-order valence-electron chi connectivity index (χ4n) is 2.57. The Bertz CT molecular complexity index is 705. The van der Waals surface area contributed by atoms with Gasteiger partial charge in [0.1, 0.15) is 5.75 Å². The first-order chi connectivity index (χ1) is 10.8. The molecule has 1 aromatic carbocycles. The van der Waals surface area contributed by atoms with E-state index >= 15 is 0 Å². The van der Waals surface area contributed by atoms with Crippen LogP contribution in [0.5, 0.6) is 5.75 Å². The maximum atomic E-state index is 13.0. The monoisotopic (exact) mass is 344 g/mol. The molecule has 1 fully saturated rings. The lowest BCUT2D eigenvalue weighted by Gasteiger charge is -2.42. The lowest BCUT2D eigenvalue weighted by atomic mass is 9.99. The number of morpholine rings is 1. The molecule has 1 aliphatic rings. The fourth-order valence-corrected chi connectivity index (χ4v) is 4.53. The minimum Gasteiger partial charge on any atom is -0.497 e.